The molecule has 4 nitrogen and oxygen atoms in total. The molecule has 0 aromatic carbocycles. The van der Waals surface area contributed by atoms with Crippen molar-refractivity contribution in [2.45, 2.75) is 19.1 Å². The highest BCUT2D eigenvalue weighted by atomic mass is 19.4. The van der Waals surface area contributed by atoms with Crippen molar-refractivity contribution in [2.75, 3.05) is 18.0 Å². The summed E-state index contributed by atoms with van der Waals surface area (Å²) < 4.78 is 42.3. The molecule has 1 aromatic heterocycles. The lowest BCUT2D eigenvalue weighted by Crippen LogP contribution is -2.32. The number of hydrogen-bond acceptors (Lipinski definition) is 4. The number of oxazole rings is 1. The SMILES string of the molecule is NCc1coc(N2CC=C(C(F)(F)F)CC2)n1. The molecule has 1 aliphatic rings. The number of alkyl halides is 3. The van der Waals surface area contributed by atoms with Gasteiger partial charge in [-0.2, -0.15) is 18.2 Å². The molecular formula is C10H12F3N3O. The van der Waals surface area contributed by atoms with E-state index in [9.17, 15) is 13.2 Å². The summed E-state index contributed by atoms with van der Waals surface area (Å²) in [6.07, 6.45) is -1.71. The smallest absolute Gasteiger partial charge is 0.412 e. The van der Waals surface area contributed by atoms with Crippen LogP contribution in [0.4, 0.5) is 19.2 Å². The third-order valence-electron chi connectivity index (χ3n) is 2.59. The minimum absolute atomic E-state index is 0.0517. The van der Waals surface area contributed by atoms with Crippen molar-refractivity contribution in [1.82, 2.24) is 4.98 Å². The Balaban J connectivity index is 2.06. The maximum absolute atomic E-state index is 12.4. The molecule has 2 N–H and O–H groups in total. The van der Waals surface area contributed by atoms with E-state index in [-0.39, 0.29) is 26.1 Å². The Labute approximate surface area is 95.9 Å². The van der Waals surface area contributed by atoms with Gasteiger partial charge in [0, 0.05) is 25.2 Å². The fourth-order valence-electron chi connectivity index (χ4n) is 1.64. The highest BCUT2D eigenvalue weighted by molar-refractivity contribution is 5.33. The predicted molar refractivity (Wildman–Crippen MR) is 55.4 cm³/mol. The summed E-state index contributed by atoms with van der Waals surface area (Å²) >= 11 is 0. The molecule has 0 spiro atoms. The van der Waals surface area contributed by atoms with E-state index >= 15 is 0 Å². The highest BCUT2D eigenvalue weighted by Gasteiger charge is 2.35. The van der Waals surface area contributed by atoms with Gasteiger partial charge in [-0.05, 0) is 6.42 Å². The molecule has 0 radical (unpaired) electrons. The number of halogens is 3. The van der Waals surface area contributed by atoms with Crippen LogP contribution < -0.4 is 10.6 Å². The number of anilines is 1. The number of nitrogens with two attached hydrogens (primary N) is 1. The second kappa shape index (κ2) is 4.40. The van der Waals surface area contributed by atoms with Crippen LogP contribution >= 0.6 is 0 Å². The van der Waals surface area contributed by atoms with Gasteiger partial charge in [-0.3, -0.25) is 0 Å². The molecule has 0 bridgehead atoms. The zero-order chi connectivity index (χ0) is 12.5. The van der Waals surface area contributed by atoms with Gasteiger partial charge in [-0.1, -0.05) is 6.08 Å². The van der Waals surface area contributed by atoms with Crippen LogP contribution in [0, 0.1) is 0 Å². The Morgan fingerprint density at radius 1 is 1.47 bits per heavy atom. The van der Waals surface area contributed by atoms with Gasteiger partial charge in [0.05, 0.1) is 5.69 Å². The summed E-state index contributed by atoms with van der Waals surface area (Å²) in [5.74, 6) is 0. The van der Waals surface area contributed by atoms with Crippen LogP contribution in [-0.2, 0) is 6.54 Å². The summed E-state index contributed by atoms with van der Waals surface area (Å²) in [6.45, 7) is 0.649. The topological polar surface area (TPSA) is 55.3 Å². The average Bonchev–Trinajstić information content (AvgIpc) is 2.76. The second-order valence-electron chi connectivity index (χ2n) is 3.75. The van der Waals surface area contributed by atoms with E-state index in [4.69, 9.17) is 10.2 Å². The third kappa shape index (κ3) is 2.60. The molecule has 0 amide bonds. The van der Waals surface area contributed by atoms with Crippen molar-refractivity contribution in [2.24, 2.45) is 5.73 Å². The largest absolute Gasteiger partial charge is 0.432 e. The summed E-state index contributed by atoms with van der Waals surface area (Å²) in [7, 11) is 0. The molecule has 0 aliphatic carbocycles. The van der Waals surface area contributed by atoms with E-state index in [0.29, 0.717) is 11.7 Å². The van der Waals surface area contributed by atoms with Gasteiger partial charge in [0.1, 0.15) is 6.26 Å². The van der Waals surface area contributed by atoms with Crippen LogP contribution in [0.1, 0.15) is 12.1 Å². The van der Waals surface area contributed by atoms with Crippen LogP contribution in [-0.4, -0.2) is 24.2 Å². The number of hydrogen-bond donors (Lipinski definition) is 1. The monoisotopic (exact) mass is 247 g/mol. The molecule has 1 aliphatic heterocycles. The summed E-state index contributed by atoms with van der Waals surface area (Å²) in [6, 6.07) is 0.322. The van der Waals surface area contributed by atoms with Crippen molar-refractivity contribution in [3.05, 3.63) is 23.6 Å². The Bertz CT molecular complexity index is 425. The molecule has 2 rings (SSSR count). The fourth-order valence-corrected chi connectivity index (χ4v) is 1.64. The van der Waals surface area contributed by atoms with E-state index in [1.54, 1.807) is 4.90 Å². The van der Waals surface area contributed by atoms with Crippen LogP contribution in [0.25, 0.3) is 0 Å². The number of aromatic nitrogens is 1. The lowest BCUT2D eigenvalue weighted by molar-refractivity contribution is -0.0944. The molecule has 2 heterocycles. The second-order valence-corrected chi connectivity index (χ2v) is 3.75. The van der Waals surface area contributed by atoms with Crippen molar-refractivity contribution >= 4 is 6.01 Å². The Morgan fingerprint density at radius 3 is 2.71 bits per heavy atom. The van der Waals surface area contributed by atoms with Gasteiger partial charge in [0.2, 0.25) is 0 Å². The van der Waals surface area contributed by atoms with Crippen LogP contribution in [0.3, 0.4) is 0 Å². The first-order chi connectivity index (χ1) is 8.00. The minimum atomic E-state index is -4.23. The van der Waals surface area contributed by atoms with Crippen LogP contribution in [0.2, 0.25) is 0 Å². The Morgan fingerprint density at radius 2 is 2.24 bits per heavy atom. The first kappa shape index (κ1) is 12.0. The van der Waals surface area contributed by atoms with Crippen molar-refractivity contribution in [1.29, 1.82) is 0 Å². The van der Waals surface area contributed by atoms with Crippen molar-refractivity contribution in [3.63, 3.8) is 0 Å². The highest BCUT2D eigenvalue weighted by Crippen LogP contribution is 2.31. The van der Waals surface area contributed by atoms with Gasteiger partial charge in [0.15, 0.2) is 0 Å². The minimum Gasteiger partial charge on any atom is -0.432 e. The maximum atomic E-state index is 12.4. The summed E-state index contributed by atoms with van der Waals surface area (Å²) in [5.41, 5.74) is 5.47. The van der Waals surface area contributed by atoms with Gasteiger partial charge in [0.25, 0.3) is 6.01 Å². The standard InChI is InChI=1S/C10H12F3N3O/c11-10(12,13)7-1-3-16(4-2-7)9-15-8(5-14)6-17-9/h1,6H,2-5,14H2. The normalized spacial score (nSPS) is 17.2. The van der Waals surface area contributed by atoms with E-state index in [1.807, 2.05) is 0 Å². The lowest BCUT2D eigenvalue weighted by Gasteiger charge is -2.25. The summed E-state index contributed by atoms with van der Waals surface area (Å²) in [5, 5.41) is 0. The molecule has 0 atom stereocenters. The van der Waals surface area contributed by atoms with E-state index < -0.39 is 11.7 Å². The first-order valence-corrected chi connectivity index (χ1v) is 5.16. The zero-order valence-corrected chi connectivity index (χ0v) is 9.00. The molecule has 1 aromatic rings. The van der Waals surface area contributed by atoms with E-state index in [0.717, 1.165) is 6.08 Å². The molecular weight excluding hydrogens is 235 g/mol. The van der Waals surface area contributed by atoms with Gasteiger partial charge < -0.3 is 15.1 Å². The van der Waals surface area contributed by atoms with Gasteiger partial charge in [-0.15, -0.1) is 0 Å². The molecule has 94 valence electrons. The maximum Gasteiger partial charge on any atom is 0.412 e. The molecule has 17 heavy (non-hydrogen) atoms. The molecule has 0 saturated heterocycles. The van der Waals surface area contributed by atoms with Gasteiger partial charge in [-0.25, -0.2) is 0 Å². The third-order valence-corrected chi connectivity index (χ3v) is 2.59. The molecule has 0 fully saturated rings. The van der Waals surface area contributed by atoms with Crippen LogP contribution in [0.15, 0.2) is 22.3 Å². The quantitative estimate of drug-likeness (QED) is 0.810. The molecule has 7 heteroatoms. The first-order valence-electron chi connectivity index (χ1n) is 5.16. The predicted octanol–water partition coefficient (Wildman–Crippen LogP) is 1.83. The van der Waals surface area contributed by atoms with E-state index in [2.05, 4.69) is 4.98 Å². The Kier molecular flexibility index (Phi) is 3.10. The van der Waals surface area contributed by atoms with Gasteiger partial charge >= 0.3 is 6.18 Å². The average molecular weight is 247 g/mol. The lowest BCUT2D eigenvalue weighted by atomic mass is 10.1. The van der Waals surface area contributed by atoms with Crippen molar-refractivity contribution in [3.8, 4) is 0 Å². The van der Waals surface area contributed by atoms with Crippen LogP contribution in [0.5, 0.6) is 0 Å². The van der Waals surface area contributed by atoms with Crippen molar-refractivity contribution < 1.29 is 17.6 Å². The zero-order valence-electron chi connectivity index (χ0n) is 9.00. The molecule has 0 saturated carbocycles. The summed E-state index contributed by atoms with van der Waals surface area (Å²) in [4.78, 5) is 5.71. The molecule has 0 unspecified atom stereocenters. The number of nitrogens with zero attached hydrogens (tertiary/aromatic N) is 2. The van der Waals surface area contributed by atoms with E-state index in [1.165, 1.54) is 6.26 Å². The Hall–Kier alpha value is -1.50. The fraction of sp³-hybridized carbons (Fsp3) is 0.500. The number of rotatable bonds is 2.